The Morgan fingerprint density at radius 2 is 1.67 bits per heavy atom. The Hall–Kier alpha value is -3.36. The number of barbiturate groups is 1. The molecule has 2 heterocycles. The Kier molecular flexibility index (Phi) is 6.14. The van der Waals surface area contributed by atoms with E-state index in [9.17, 15) is 14.4 Å². The van der Waals surface area contributed by atoms with Gasteiger partial charge in [0.05, 0.1) is 17.8 Å². The normalized spacial score (nSPS) is 15.2. The molecule has 168 valence electrons. The van der Waals surface area contributed by atoms with Gasteiger partial charge in [0.15, 0.2) is 0 Å². The number of halogens is 2. The second-order valence-corrected chi connectivity index (χ2v) is 8.74. The average molecular weight is 529 g/mol. The van der Waals surface area contributed by atoms with Crippen molar-refractivity contribution in [2.45, 2.75) is 13.8 Å². The van der Waals surface area contributed by atoms with Gasteiger partial charge in [-0.25, -0.2) is 9.69 Å². The molecular weight excluding hydrogens is 510 g/mol. The lowest BCUT2D eigenvalue weighted by atomic mass is 10.1. The molecule has 0 unspecified atom stereocenters. The summed E-state index contributed by atoms with van der Waals surface area (Å²) in [6, 6.07) is 13.4. The number of methoxy groups -OCH3 is 1. The number of aromatic nitrogens is 1. The summed E-state index contributed by atoms with van der Waals surface area (Å²) in [5, 5.41) is 2.46. The third-order valence-electron chi connectivity index (χ3n) is 5.35. The Bertz CT molecular complexity index is 1330. The fourth-order valence-corrected chi connectivity index (χ4v) is 4.28. The summed E-state index contributed by atoms with van der Waals surface area (Å²) < 4.78 is 8.11. The lowest BCUT2D eigenvalue weighted by molar-refractivity contribution is -0.122. The number of amides is 4. The summed E-state index contributed by atoms with van der Waals surface area (Å²) in [4.78, 5) is 39.1. The van der Waals surface area contributed by atoms with Crippen LogP contribution in [0.2, 0.25) is 5.02 Å². The zero-order chi connectivity index (χ0) is 23.9. The molecule has 0 radical (unpaired) electrons. The molecule has 1 fully saturated rings. The lowest BCUT2D eigenvalue weighted by Crippen LogP contribution is -2.54. The van der Waals surface area contributed by atoms with Gasteiger partial charge in [-0.3, -0.25) is 14.9 Å². The minimum absolute atomic E-state index is 0.155. The van der Waals surface area contributed by atoms with Crippen LogP contribution in [-0.4, -0.2) is 29.5 Å². The highest BCUT2D eigenvalue weighted by molar-refractivity contribution is 9.10. The monoisotopic (exact) mass is 527 g/mol. The Labute approximate surface area is 203 Å². The van der Waals surface area contributed by atoms with Crippen molar-refractivity contribution < 1.29 is 19.1 Å². The molecule has 2 aromatic carbocycles. The van der Waals surface area contributed by atoms with Crippen LogP contribution in [0, 0.1) is 13.8 Å². The fourth-order valence-electron chi connectivity index (χ4n) is 3.76. The van der Waals surface area contributed by atoms with Crippen molar-refractivity contribution in [2.75, 3.05) is 12.0 Å². The molecule has 4 rings (SSSR count). The molecule has 0 bridgehead atoms. The van der Waals surface area contributed by atoms with Crippen LogP contribution in [0.1, 0.15) is 17.0 Å². The zero-order valence-electron chi connectivity index (χ0n) is 18.0. The van der Waals surface area contributed by atoms with Gasteiger partial charge in [-0.2, -0.15) is 0 Å². The highest BCUT2D eigenvalue weighted by Gasteiger charge is 2.37. The van der Waals surface area contributed by atoms with Crippen molar-refractivity contribution in [3.05, 3.63) is 80.6 Å². The minimum Gasteiger partial charge on any atom is -0.495 e. The van der Waals surface area contributed by atoms with E-state index in [2.05, 4.69) is 21.2 Å². The number of aryl methyl sites for hydroxylation is 1. The van der Waals surface area contributed by atoms with E-state index < -0.39 is 17.8 Å². The fraction of sp³-hybridized carbons (Fsp3) is 0.125. The molecule has 1 N–H and O–H groups in total. The van der Waals surface area contributed by atoms with Gasteiger partial charge in [0, 0.05) is 21.5 Å². The summed E-state index contributed by atoms with van der Waals surface area (Å²) in [6.45, 7) is 3.84. The van der Waals surface area contributed by atoms with E-state index in [0.29, 0.717) is 11.3 Å². The van der Waals surface area contributed by atoms with Crippen LogP contribution in [0.25, 0.3) is 11.8 Å². The van der Waals surface area contributed by atoms with Crippen LogP contribution in [0.4, 0.5) is 10.5 Å². The number of carbonyl (C=O) groups is 3. The number of nitrogens with zero attached hydrogens (tertiary/aromatic N) is 2. The van der Waals surface area contributed by atoms with Gasteiger partial charge in [0.25, 0.3) is 11.8 Å². The van der Waals surface area contributed by atoms with Crippen molar-refractivity contribution in [3.8, 4) is 11.4 Å². The number of ether oxygens (including phenoxy) is 1. The van der Waals surface area contributed by atoms with Crippen molar-refractivity contribution in [2.24, 2.45) is 0 Å². The van der Waals surface area contributed by atoms with Gasteiger partial charge < -0.3 is 9.30 Å². The second kappa shape index (κ2) is 8.88. The van der Waals surface area contributed by atoms with Crippen molar-refractivity contribution in [1.82, 2.24) is 9.88 Å². The molecule has 0 aliphatic carbocycles. The van der Waals surface area contributed by atoms with Crippen molar-refractivity contribution >= 4 is 57.1 Å². The molecule has 0 spiro atoms. The van der Waals surface area contributed by atoms with Gasteiger partial charge in [-0.1, -0.05) is 27.5 Å². The number of nitrogens with one attached hydrogen (secondary N) is 1. The van der Waals surface area contributed by atoms with E-state index >= 15 is 0 Å². The average Bonchev–Trinajstić information content (AvgIpc) is 3.04. The molecule has 33 heavy (non-hydrogen) atoms. The van der Waals surface area contributed by atoms with E-state index in [-0.39, 0.29) is 16.3 Å². The van der Waals surface area contributed by atoms with Crippen LogP contribution in [-0.2, 0) is 9.59 Å². The second-order valence-electron chi connectivity index (χ2n) is 7.41. The van der Waals surface area contributed by atoms with E-state index in [0.717, 1.165) is 26.4 Å². The smallest absolute Gasteiger partial charge is 0.335 e. The van der Waals surface area contributed by atoms with Crippen LogP contribution in [0.5, 0.6) is 5.75 Å². The molecule has 0 atom stereocenters. The van der Waals surface area contributed by atoms with Gasteiger partial charge >= 0.3 is 6.03 Å². The molecule has 1 saturated heterocycles. The number of carbonyl (C=O) groups excluding carboxylic acids is 3. The maximum atomic E-state index is 13.2. The van der Waals surface area contributed by atoms with E-state index in [1.165, 1.54) is 25.3 Å². The standard InChI is InChI=1S/C24H19BrClN3O4/c1-13-10-15(14(2)28(13)17-6-4-16(25)5-7-17)11-19-22(30)27-24(32)29(23(19)31)18-8-9-21(33-3)20(26)12-18/h4-12H,1-3H3,(H,27,30,32). The summed E-state index contributed by atoms with van der Waals surface area (Å²) in [6.07, 6.45) is 1.50. The van der Waals surface area contributed by atoms with Crippen molar-refractivity contribution in [1.29, 1.82) is 0 Å². The van der Waals surface area contributed by atoms with Crippen LogP contribution < -0.4 is 15.0 Å². The van der Waals surface area contributed by atoms with Gasteiger partial charge in [0.2, 0.25) is 0 Å². The van der Waals surface area contributed by atoms with E-state index in [1.807, 2.05) is 48.7 Å². The number of hydrogen-bond acceptors (Lipinski definition) is 4. The summed E-state index contributed by atoms with van der Waals surface area (Å²) >= 11 is 9.60. The van der Waals surface area contributed by atoms with Crippen molar-refractivity contribution in [3.63, 3.8) is 0 Å². The van der Waals surface area contributed by atoms with Gasteiger partial charge in [-0.05, 0) is 74.0 Å². The first kappa shape index (κ1) is 22.8. The number of hydrogen-bond donors (Lipinski definition) is 1. The number of benzene rings is 2. The molecule has 1 aromatic heterocycles. The third kappa shape index (κ3) is 4.19. The Morgan fingerprint density at radius 3 is 2.30 bits per heavy atom. The number of anilines is 1. The summed E-state index contributed by atoms with van der Waals surface area (Å²) in [7, 11) is 1.46. The number of imide groups is 2. The number of rotatable bonds is 4. The molecule has 7 nitrogen and oxygen atoms in total. The van der Waals surface area contributed by atoms with Crippen LogP contribution in [0.3, 0.4) is 0 Å². The topological polar surface area (TPSA) is 80.6 Å². The first-order valence-corrected chi connectivity index (χ1v) is 11.1. The SMILES string of the molecule is COc1ccc(N2C(=O)NC(=O)C(=Cc3cc(C)n(-c4ccc(Br)cc4)c3C)C2=O)cc1Cl. The molecular formula is C24H19BrClN3O4. The van der Waals surface area contributed by atoms with Gasteiger partial charge in [-0.15, -0.1) is 0 Å². The zero-order valence-corrected chi connectivity index (χ0v) is 20.3. The predicted octanol–water partition coefficient (Wildman–Crippen LogP) is 5.19. The molecule has 0 saturated carbocycles. The third-order valence-corrected chi connectivity index (χ3v) is 6.17. The van der Waals surface area contributed by atoms with Crippen LogP contribution in [0.15, 0.2) is 58.6 Å². The van der Waals surface area contributed by atoms with E-state index in [1.54, 1.807) is 6.07 Å². The summed E-state index contributed by atoms with van der Waals surface area (Å²) in [5.41, 5.74) is 3.48. The van der Waals surface area contributed by atoms with Gasteiger partial charge in [0.1, 0.15) is 11.3 Å². The lowest BCUT2D eigenvalue weighted by Gasteiger charge is -2.26. The quantitative estimate of drug-likeness (QED) is 0.374. The maximum Gasteiger partial charge on any atom is 0.335 e. The predicted molar refractivity (Wildman–Crippen MR) is 130 cm³/mol. The Balaban J connectivity index is 1.75. The molecule has 4 amide bonds. The molecule has 1 aliphatic heterocycles. The summed E-state index contributed by atoms with van der Waals surface area (Å²) in [5.74, 6) is -1.09. The first-order chi connectivity index (χ1) is 15.7. The maximum absolute atomic E-state index is 13.2. The highest BCUT2D eigenvalue weighted by Crippen LogP contribution is 2.31. The Morgan fingerprint density at radius 1 is 1.00 bits per heavy atom. The minimum atomic E-state index is -0.844. The first-order valence-electron chi connectivity index (χ1n) is 9.91. The van der Waals surface area contributed by atoms with Crippen LogP contribution >= 0.6 is 27.5 Å². The number of urea groups is 1. The largest absolute Gasteiger partial charge is 0.495 e. The molecule has 3 aromatic rings. The van der Waals surface area contributed by atoms with E-state index in [4.69, 9.17) is 16.3 Å². The highest BCUT2D eigenvalue weighted by atomic mass is 79.9. The molecule has 1 aliphatic rings. The molecule has 9 heteroatoms.